The van der Waals surface area contributed by atoms with Gasteiger partial charge >= 0.3 is 0 Å². The second-order valence-corrected chi connectivity index (χ2v) is 25.0. The first-order chi connectivity index (χ1) is 42.6. The fraction of sp³-hybridized carbons (Fsp3) is 0.195. The van der Waals surface area contributed by atoms with Gasteiger partial charge in [0, 0.05) is 65.6 Å². The van der Waals surface area contributed by atoms with Crippen LogP contribution in [0.25, 0.3) is 98.4 Å². The fourth-order valence-electron chi connectivity index (χ4n) is 16.0. The van der Waals surface area contributed by atoms with Crippen molar-refractivity contribution in [3.63, 3.8) is 0 Å². The lowest BCUT2D eigenvalue weighted by Crippen LogP contribution is -2.13. The number of aromatic nitrogens is 2. The van der Waals surface area contributed by atoms with E-state index in [1.165, 1.54) is 219 Å². The van der Waals surface area contributed by atoms with Crippen LogP contribution in [0, 0.1) is 0 Å². The maximum Gasteiger partial charge on any atom is 0.0641 e. The van der Waals surface area contributed by atoms with E-state index in [1.807, 2.05) is 0 Å². The topological polar surface area (TPSA) is 15.3 Å². The molecule has 17 rings (SSSR count). The van der Waals surface area contributed by atoms with Crippen molar-refractivity contribution >= 4 is 110 Å². The van der Waals surface area contributed by atoms with E-state index in [9.17, 15) is 0 Å². The molecule has 0 atom stereocenters. The summed E-state index contributed by atoms with van der Waals surface area (Å²) >= 11 is 0. The van der Waals surface area contributed by atoms with Crippen molar-refractivity contribution in [3.8, 4) is 22.3 Å². The predicted molar refractivity (Wildman–Crippen MR) is 366 cm³/mol. The summed E-state index contributed by atoms with van der Waals surface area (Å²) in [5, 5.41) is 10.2. The lowest BCUT2D eigenvalue weighted by Gasteiger charge is -2.30. The number of para-hydroxylation sites is 2. The molecule has 4 nitrogen and oxygen atoms in total. The second-order valence-electron chi connectivity index (χ2n) is 25.0. The number of fused-ring (bicyclic) bond motifs is 12. The maximum atomic E-state index is 2.60. The van der Waals surface area contributed by atoms with Crippen molar-refractivity contribution in [2.24, 2.45) is 0 Å². The third-order valence-electron chi connectivity index (χ3n) is 20.3. The van der Waals surface area contributed by atoms with Crippen LogP contribution >= 0.6 is 0 Å². The van der Waals surface area contributed by atoms with E-state index in [0.717, 1.165) is 12.8 Å². The number of hydrogen-bond acceptors (Lipinski definition) is 2. The average molecular weight is 1110 g/mol. The van der Waals surface area contributed by atoms with E-state index < -0.39 is 0 Å². The summed E-state index contributed by atoms with van der Waals surface area (Å²) in [6, 6.07) is 88.9. The molecule has 4 heteroatoms. The molecule has 0 amide bonds. The number of benzene rings is 11. The van der Waals surface area contributed by atoms with Gasteiger partial charge in [-0.25, -0.2) is 0 Å². The van der Waals surface area contributed by atoms with Crippen molar-refractivity contribution in [1.82, 2.24) is 8.80 Å². The van der Waals surface area contributed by atoms with Gasteiger partial charge in [0.2, 0.25) is 0 Å². The zero-order chi connectivity index (χ0) is 57.0. The van der Waals surface area contributed by atoms with Gasteiger partial charge in [0.15, 0.2) is 0 Å². The lowest BCUT2D eigenvalue weighted by atomic mass is 9.84. The Bertz CT molecular complexity index is 4700. The summed E-state index contributed by atoms with van der Waals surface area (Å²) < 4.78 is 5.21. The summed E-state index contributed by atoms with van der Waals surface area (Å²) in [5.74, 6) is 1.25. The number of anilines is 6. The zero-order valence-corrected chi connectivity index (χ0v) is 49.4. The van der Waals surface area contributed by atoms with Gasteiger partial charge in [-0.3, -0.25) is 0 Å². The summed E-state index contributed by atoms with van der Waals surface area (Å²) in [7, 11) is 0. The van der Waals surface area contributed by atoms with Crippen molar-refractivity contribution in [3.05, 3.63) is 253 Å². The van der Waals surface area contributed by atoms with Gasteiger partial charge < -0.3 is 18.6 Å². The molecule has 0 N–H and O–H groups in total. The summed E-state index contributed by atoms with van der Waals surface area (Å²) in [6.45, 7) is 4.56. The molecule has 4 aromatic heterocycles. The molecule has 0 unspecified atom stereocenters. The molecule has 0 radical (unpaired) electrons. The van der Waals surface area contributed by atoms with Crippen molar-refractivity contribution in [1.29, 1.82) is 0 Å². The van der Waals surface area contributed by atoms with Crippen LogP contribution in [-0.4, -0.2) is 8.80 Å². The Kier molecular flexibility index (Phi) is 12.3. The Hall–Kier alpha value is -9.38. The van der Waals surface area contributed by atoms with Crippen LogP contribution < -0.4 is 9.80 Å². The molecule has 2 aliphatic carbocycles. The predicted octanol–water partition coefficient (Wildman–Crippen LogP) is 23.5. The van der Waals surface area contributed by atoms with E-state index in [1.54, 1.807) is 0 Å². The van der Waals surface area contributed by atoms with Crippen LogP contribution in [0.5, 0.6) is 0 Å². The Labute approximate surface area is 503 Å². The van der Waals surface area contributed by atoms with E-state index >= 15 is 0 Å². The summed E-state index contributed by atoms with van der Waals surface area (Å²) in [4.78, 5) is 5.19. The third-order valence-corrected chi connectivity index (χ3v) is 20.3. The van der Waals surface area contributed by atoms with Crippen LogP contribution in [0.3, 0.4) is 0 Å². The van der Waals surface area contributed by atoms with Crippen molar-refractivity contribution in [2.75, 3.05) is 9.80 Å². The molecule has 15 aromatic rings. The first-order valence-electron chi connectivity index (χ1n) is 32.1. The van der Waals surface area contributed by atoms with Gasteiger partial charge in [-0.15, -0.1) is 0 Å². The molecule has 0 saturated heterocycles. The quantitative estimate of drug-likeness (QED) is 0.121. The van der Waals surface area contributed by atoms with Gasteiger partial charge in [-0.1, -0.05) is 210 Å². The minimum absolute atomic E-state index is 0.627. The first kappa shape index (κ1) is 51.1. The molecule has 418 valence electrons. The first-order valence-corrected chi connectivity index (χ1v) is 32.1. The Balaban J connectivity index is 0.907. The molecule has 0 bridgehead atoms. The Morgan fingerprint density at radius 3 is 1.13 bits per heavy atom. The molecular weight excluding hydrogens is 1040 g/mol. The highest BCUT2D eigenvalue weighted by Crippen LogP contribution is 2.54. The second kappa shape index (κ2) is 20.7. The molecule has 0 spiro atoms. The lowest BCUT2D eigenvalue weighted by molar-refractivity contribution is 0.443. The smallest absolute Gasteiger partial charge is 0.0641 e. The molecule has 0 aliphatic heterocycles. The number of rotatable bonds is 12. The van der Waals surface area contributed by atoms with Gasteiger partial charge in [0.05, 0.1) is 55.8 Å². The maximum absolute atomic E-state index is 2.60. The van der Waals surface area contributed by atoms with Gasteiger partial charge in [-0.05, 0) is 157 Å². The Morgan fingerprint density at radius 2 is 0.721 bits per heavy atom. The highest BCUT2D eigenvalue weighted by atomic mass is 15.2. The average Bonchev–Trinajstić information content (AvgIpc) is 1.55. The van der Waals surface area contributed by atoms with Crippen molar-refractivity contribution < 1.29 is 0 Å². The van der Waals surface area contributed by atoms with Gasteiger partial charge in [-0.2, -0.15) is 0 Å². The van der Waals surface area contributed by atoms with E-state index in [0.29, 0.717) is 11.8 Å². The third kappa shape index (κ3) is 8.02. The van der Waals surface area contributed by atoms with Crippen LogP contribution in [0.2, 0.25) is 0 Å². The molecule has 2 fully saturated rings. The van der Waals surface area contributed by atoms with Crippen LogP contribution in [-0.2, 0) is 12.8 Å². The standard InChI is InChI=1S/C82H70N4/c1-3-53-33-43-63(59-25-13-7-14-26-59)75(49-53)83(61-39-35-57(36-40-61)55-21-9-5-10-22-55)73-47-45-65-69-51-78-70(52-77(69)85-71-31-19-17-29-67(71)79(73)81(65)85)66-46-48-74(80-68-30-18-20-32-72(68)86(78)82(66)80)84(62-41-37-58(38-42-62)56-23-11-6-12-24-56)76-50-54(4-2)34-44-64(76)60-27-15-8-16-28-60/h7-8,13-20,25-52,55-56H,3-6,9-12,21-24H2,1-2H3. The Morgan fingerprint density at radius 1 is 0.326 bits per heavy atom. The number of hydrogen-bond donors (Lipinski definition) is 0. The molecule has 2 aliphatic rings. The summed E-state index contributed by atoms with van der Waals surface area (Å²) in [5.41, 5.74) is 25.1. The van der Waals surface area contributed by atoms with E-state index in [4.69, 9.17) is 0 Å². The molecule has 4 heterocycles. The number of aryl methyl sites for hydroxylation is 2. The minimum Gasteiger partial charge on any atom is -0.309 e. The zero-order valence-electron chi connectivity index (χ0n) is 49.4. The van der Waals surface area contributed by atoms with Gasteiger partial charge in [0.1, 0.15) is 0 Å². The molecule has 2 saturated carbocycles. The normalized spacial score (nSPS) is 14.6. The fourth-order valence-corrected chi connectivity index (χ4v) is 16.0. The van der Waals surface area contributed by atoms with Crippen LogP contribution in [0.1, 0.15) is 112 Å². The van der Waals surface area contributed by atoms with Gasteiger partial charge in [0.25, 0.3) is 0 Å². The number of nitrogens with zero attached hydrogens (tertiary/aromatic N) is 4. The van der Waals surface area contributed by atoms with Crippen molar-refractivity contribution in [2.45, 2.75) is 103 Å². The molecule has 11 aromatic carbocycles. The largest absolute Gasteiger partial charge is 0.309 e. The monoisotopic (exact) mass is 1110 g/mol. The van der Waals surface area contributed by atoms with E-state index in [-0.39, 0.29) is 0 Å². The summed E-state index contributed by atoms with van der Waals surface area (Å²) in [6.07, 6.45) is 15.0. The highest BCUT2D eigenvalue weighted by molar-refractivity contribution is 6.32. The SMILES string of the molecule is CCc1ccc(-c2ccccc2)c(N(c2ccc(C3CCCCC3)cc2)c2ccc3c4cc5c(cc4n4c6ccccc6c2c34)c2ccc(N(c3ccc(C4CCCCC4)cc3)c3cc(CC)ccc3-c3ccccc3)c3c4ccccc4n5c23)c1. The van der Waals surface area contributed by atoms with Crippen LogP contribution in [0.15, 0.2) is 231 Å². The minimum atomic E-state index is 0.627. The molecule has 86 heavy (non-hydrogen) atoms. The van der Waals surface area contributed by atoms with Crippen LogP contribution in [0.4, 0.5) is 34.1 Å². The molecular formula is C82H70N4. The van der Waals surface area contributed by atoms with E-state index in [2.05, 4.69) is 263 Å². The highest BCUT2D eigenvalue weighted by Gasteiger charge is 2.30.